The van der Waals surface area contributed by atoms with Crippen LogP contribution < -0.4 is 10.1 Å². The van der Waals surface area contributed by atoms with Crippen molar-refractivity contribution in [1.29, 1.82) is 0 Å². The Balaban J connectivity index is 2.01. The summed E-state index contributed by atoms with van der Waals surface area (Å²) < 4.78 is 6.51. The van der Waals surface area contributed by atoms with Gasteiger partial charge in [-0.1, -0.05) is 19.1 Å². The summed E-state index contributed by atoms with van der Waals surface area (Å²) in [4.78, 5) is 10.4. The summed E-state index contributed by atoms with van der Waals surface area (Å²) in [5.41, 5.74) is 1.85. The Morgan fingerprint density at radius 1 is 1.27 bits per heavy atom. The molecule has 0 aliphatic rings. The standard InChI is InChI=1S/C16H17BrN2O3/c1-2-8-22-16-7-6-12(9-15(16)17)11-18-13-4-3-5-14(10-13)19(20)21/h3-7,9-10,18H,2,8,11H2,1H3. The predicted molar refractivity (Wildman–Crippen MR) is 90.4 cm³/mol. The maximum absolute atomic E-state index is 10.8. The van der Waals surface area contributed by atoms with Gasteiger partial charge >= 0.3 is 0 Å². The third-order valence-electron chi connectivity index (χ3n) is 3.01. The average molecular weight is 365 g/mol. The molecule has 0 fully saturated rings. The highest BCUT2D eigenvalue weighted by Crippen LogP contribution is 2.26. The van der Waals surface area contributed by atoms with Gasteiger partial charge in [0, 0.05) is 24.4 Å². The zero-order valence-corrected chi connectivity index (χ0v) is 13.8. The summed E-state index contributed by atoms with van der Waals surface area (Å²) in [5, 5.41) is 13.9. The number of nitro benzene ring substituents is 1. The van der Waals surface area contributed by atoms with E-state index in [1.165, 1.54) is 12.1 Å². The van der Waals surface area contributed by atoms with Crippen LogP contribution in [0.15, 0.2) is 46.9 Å². The topological polar surface area (TPSA) is 64.4 Å². The molecular formula is C16H17BrN2O3. The fraction of sp³-hybridized carbons (Fsp3) is 0.250. The Labute approximate surface area is 137 Å². The van der Waals surface area contributed by atoms with Crippen LogP contribution in [0, 0.1) is 10.1 Å². The lowest BCUT2D eigenvalue weighted by atomic mass is 10.2. The molecule has 0 spiro atoms. The Bertz CT molecular complexity index is 662. The van der Waals surface area contributed by atoms with Gasteiger partial charge in [0.1, 0.15) is 5.75 Å². The third-order valence-corrected chi connectivity index (χ3v) is 3.63. The fourth-order valence-electron chi connectivity index (χ4n) is 1.92. The average Bonchev–Trinajstić information content (AvgIpc) is 2.52. The molecule has 0 unspecified atom stereocenters. The number of halogens is 1. The SMILES string of the molecule is CCCOc1ccc(CNc2cccc([N+](=O)[O-])c2)cc1Br. The molecule has 0 aliphatic carbocycles. The summed E-state index contributed by atoms with van der Waals surface area (Å²) in [6.07, 6.45) is 0.961. The van der Waals surface area contributed by atoms with E-state index in [0.717, 1.165) is 27.9 Å². The Morgan fingerprint density at radius 2 is 2.09 bits per heavy atom. The monoisotopic (exact) mass is 364 g/mol. The number of benzene rings is 2. The van der Waals surface area contributed by atoms with E-state index in [1.54, 1.807) is 12.1 Å². The smallest absolute Gasteiger partial charge is 0.271 e. The highest BCUT2D eigenvalue weighted by molar-refractivity contribution is 9.10. The number of non-ortho nitro benzene ring substituents is 1. The molecule has 0 amide bonds. The van der Waals surface area contributed by atoms with Crippen molar-refractivity contribution in [3.05, 3.63) is 62.6 Å². The van der Waals surface area contributed by atoms with E-state index in [0.29, 0.717) is 13.2 Å². The van der Waals surface area contributed by atoms with Crippen molar-refractivity contribution in [3.8, 4) is 5.75 Å². The van der Waals surface area contributed by atoms with Crippen molar-refractivity contribution >= 4 is 27.3 Å². The van der Waals surface area contributed by atoms with E-state index < -0.39 is 4.92 Å². The summed E-state index contributed by atoms with van der Waals surface area (Å²) in [7, 11) is 0. The highest BCUT2D eigenvalue weighted by atomic mass is 79.9. The molecule has 0 heterocycles. The molecule has 2 aromatic rings. The number of ether oxygens (including phenoxy) is 1. The van der Waals surface area contributed by atoms with Gasteiger partial charge in [-0.2, -0.15) is 0 Å². The van der Waals surface area contributed by atoms with Gasteiger partial charge in [0.2, 0.25) is 0 Å². The first kappa shape index (κ1) is 16.3. The minimum atomic E-state index is -0.401. The van der Waals surface area contributed by atoms with Crippen LogP contribution in [-0.4, -0.2) is 11.5 Å². The minimum Gasteiger partial charge on any atom is -0.492 e. The number of nitrogens with one attached hydrogen (secondary N) is 1. The van der Waals surface area contributed by atoms with Crippen LogP contribution in [0.2, 0.25) is 0 Å². The number of anilines is 1. The summed E-state index contributed by atoms with van der Waals surface area (Å²) >= 11 is 3.49. The number of hydrogen-bond donors (Lipinski definition) is 1. The first-order chi connectivity index (χ1) is 10.6. The molecule has 1 N–H and O–H groups in total. The molecule has 22 heavy (non-hydrogen) atoms. The van der Waals surface area contributed by atoms with E-state index >= 15 is 0 Å². The maximum Gasteiger partial charge on any atom is 0.271 e. The van der Waals surface area contributed by atoms with Crippen molar-refractivity contribution in [3.63, 3.8) is 0 Å². The number of rotatable bonds is 7. The molecule has 0 radical (unpaired) electrons. The van der Waals surface area contributed by atoms with Crippen LogP contribution in [0.1, 0.15) is 18.9 Å². The predicted octanol–water partition coefficient (Wildman–Crippen LogP) is 4.76. The molecule has 0 aromatic heterocycles. The molecule has 0 bridgehead atoms. The molecule has 6 heteroatoms. The highest BCUT2D eigenvalue weighted by Gasteiger charge is 2.06. The van der Waals surface area contributed by atoms with Crippen LogP contribution in [0.4, 0.5) is 11.4 Å². The van der Waals surface area contributed by atoms with Gasteiger partial charge < -0.3 is 10.1 Å². The molecule has 0 atom stereocenters. The second-order valence-corrected chi connectivity index (χ2v) is 5.63. The van der Waals surface area contributed by atoms with Gasteiger partial charge in [-0.05, 0) is 46.1 Å². The van der Waals surface area contributed by atoms with Crippen molar-refractivity contribution in [2.45, 2.75) is 19.9 Å². The summed E-state index contributed by atoms with van der Waals surface area (Å²) in [6, 6.07) is 12.3. The zero-order valence-electron chi connectivity index (χ0n) is 12.2. The molecule has 2 rings (SSSR count). The van der Waals surface area contributed by atoms with Crippen LogP contribution in [-0.2, 0) is 6.54 Å². The number of nitro groups is 1. The summed E-state index contributed by atoms with van der Waals surface area (Å²) in [5.74, 6) is 0.820. The first-order valence-electron chi connectivity index (χ1n) is 6.99. The molecule has 0 saturated heterocycles. The zero-order chi connectivity index (χ0) is 15.9. The van der Waals surface area contributed by atoms with Gasteiger partial charge in [-0.15, -0.1) is 0 Å². The van der Waals surface area contributed by atoms with Crippen molar-refractivity contribution in [2.75, 3.05) is 11.9 Å². The van der Waals surface area contributed by atoms with E-state index in [2.05, 4.69) is 28.2 Å². The molecular weight excluding hydrogens is 348 g/mol. The van der Waals surface area contributed by atoms with Gasteiger partial charge in [0.25, 0.3) is 5.69 Å². The van der Waals surface area contributed by atoms with Gasteiger partial charge in [-0.25, -0.2) is 0 Å². The lowest BCUT2D eigenvalue weighted by molar-refractivity contribution is -0.384. The van der Waals surface area contributed by atoms with E-state index in [1.807, 2.05) is 18.2 Å². The largest absolute Gasteiger partial charge is 0.492 e. The molecule has 2 aromatic carbocycles. The molecule has 0 saturated carbocycles. The quantitative estimate of drug-likeness (QED) is 0.568. The molecule has 5 nitrogen and oxygen atoms in total. The number of nitrogens with zero attached hydrogens (tertiary/aromatic N) is 1. The van der Waals surface area contributed by atoms with Gasteiger partial charge in [-0.3, -0.25) is 10.1 Å². The van der Waals surface area contributed by atoms with Crippen LogP contribution in [0.5, 0.6) is 5.75 Å². The Hall–Kier alpha value is -2.08. The van der Waals surface area contributed by atoms with Crippen LogP contribution in [0.3, 0.4) is 0 Å². The lowest BCUT2D eigenvalue weighted by Crippen LogP contribution is -2.01. The molecule has 0 aliphatic heterocycles. The van der Waals surface area contributed by atoms with Crippen molar-refractivity contribution < 1.29 is 9.66 Å². The second-order valence-electron chi connectivity index (χ2n) is 4.77. The van der Waals surface area contributed by atoms with Gasteiger partial charge in [0.05, 0.1) is 16.0 Å². The molecule has 116 valence electrons. The Kier molecular flexibility index (Phi) is 5.77. The van der Waals surface area contributed by atoms with E-state index in [9.17, 15) is 10.1 Å². The second kappa shape index (κ2) is 7.79. The number of hydrogen-bond acceptors (Lipinski definition) is 4. The summed E-state index contributed by atoms with van der Waals surface area (Å²) in [6.45, 7) is 3.32. The van der Waals surface area contributed by atoms with Crippen molar-refractivity contribution in [2.24, 2.45) is 0 Å². The minimum absolute atomic E-state index is 0.0782. The van der Waals surface area contributed by atoms with Crippen LogP contribution >= 0.6 is 15.9 Å². The fourth-order valence-corrected chi connectivity index (χ4v) is 2.46. The maximum atomic E-state index is 10.8. The Morgan fingerprint density at radius 3 is 2.77 bits per heavy atom. The third kappa shape index (κ3) is 4.46. The van der Waals surface area contributed by atoms with Gasteiger partial charge in [0.15, 0.2) is 0 Å². The van der Waals surface area contributed by atoms with E-state index in [4.69, 9.17) is 4.74 Å². The van der Waals surface area contributed by atoms with Crippen molar-refractivity contribution in [1.82, 2.24) is 0 Å². The van der Waals surface area contributed by atoms with Crippen LogP contribution in [0.25, 0.3) is 0 Å². The first-order valence-corrected chi connectivity index (χ1v) is 7.79. The lowest BCUT2D eigenvalue weighted by Gasteiger charge is -2.10. The normalized spacial score (nSPS) is 10.3. The van der Waals surface area contributed by atoms with E-state index in [-0.39, 0.29) is 5.69 Å².